The van der Waals surface area contributed by atoms with Crippen LogP contribution in [0.5, 0.6) is 0 Å². The monoisotopic (exact) mass is 273 g/mol. The Morgan fingerprint density at radius 2 is 1.75 bits per heavy atom. The normalized spacial score (nSPS) is 19.6. The van der Waals surface area contributed by atoms with Crippen LogP contribution < -0.4 is 0 Å². The third-order valence-corrected chi connectivity index (χ3v) is 4.33. The minimum absolute atomic E-state index is 0.323. The number of carbonyl (C=O) groups is 2. The van der Waals surface area contributed by atoms with Gasteiger partial charge in [0.1, 0.15) is 0 Å². The highest BCUT2D eigenvalue weighted by atomic mass is 16.4. The molecule has 1 saturated heterocycles. The van der Waals surface area contributed by atoms with Gasteiger partial charge in [-0.2, -0.15) is 0 Å². The second-order valence-electron chi connectivity index (χ2n) is 5.33. The first-order chi connectivity index (χ1) is 9.53. The molecule has 1 fully saturated rings. The summed E-state index contributed by atoms with van der Waals surface area (Å²) >= 11 is 0. The SMILES string of the molecule is O=C(O)C1=CC2(CCN(C(=O)O)CC2)c2ccccc21. The van der Waals surface area contributed by atoms with Crippen LogP contribution in [0.1, 0.15) is 24.0 Å². The summed E-state index contributed by atoms with van der Waals surface area (Å²) < 4.78 is 0. The zero-order valence-corrected chi connectivity index (χ0v) is 10.9. The molecule has 2 N–H and O–H groups in total. The molecule has 1 spiro atoms. The third kappa shape index (κ3) is 1.78. The molecule has 0 unspecified atom stereocenters. The van der Waals surface area contributed by atoms with Crippen molar-refractivity contribution >= 4 is 17.6 Å². The number of hydrogen-bond donors (Lipinski definition) is 2. The number of hydrogen-bond acceptors (Lipinski definition) is 2. The molecule has 1 amide bonds. The van der Waals surface area contributed by atoms with E-state index in [1.54, 1.807) is 0 Å². The molecule has 0 saturated carbocycles. The average molecular weight is 273 g/mol. The third-order valence-electron chi connectivity index (χ3n) is 4.33. The number of rotatable bonds is 1. The van der Waals surface area contributed by atoms with Crippen LogP contribution in [-0.4, -0.2) is 40.3 Å². The maximum Gasteiger partial charge on any atom is 0.407 e. The van der Waals surface area contributed by atoms with E-state index in [-0.39, 0.29) is 5.41 Å². The summed E-state index contributed by atoms with van der Waals surface area (Å²) in [5.74, 6) is -0.921. The van der Waals surface area contributed by atoms with Gasteiger partial charge >= 0.3 is 12.1 Å². The second-order valence-corrected chi connectivity index (χ2v) is 5.33. The second kappa shape index (κ2) is 4.37. The van der Waals surface area contributed by atoms with Crippen LogP contribution in [0.15, 0.2) is 30.3 Å². The quantitative estimate of drug-likeness (QED) is 0.822. The number of aliphatic carboxylic acids is 1. The van der Waals surface area contributed by atoms with Crippen molar-refractivity contribution in [3.63, 3.8) is 0 Å². The highest BCUT2D eigenvalue weighted by Crippen LogP contribution is 2.46. The van der Waals surface area contributed by atoms with Crippen molar-refractivity contribution in [1.82, 2.24) is 4.90 Å². The number of nitrogens with zero attached hydrogens (tertiary/aromatic N) is 1. The van der Waals surface area contributed by atoms with E-state index < -0.39 is 12.1 Å². The van der Waals surface area contributed by atoms with Crippen LogP contribution in [0.4, 0.5) is 4.79 Å². The summed E-state index contributed by atoms with van der Waals surface area (Å²) in [6.07, 6.45) is 2.17. The van der Waals surface area contributed by atoms with Gasteiger partial charge in [-0.25, -0.2) is 9.59 Å². The summed E-state index contributed by atoms with van der Waals surface area (Å²) in [6, 6.07) is 7.52. The molecule has 2 aliphatic rings. The van der Waals surface area contributed by atoms with Gasteiger partial charge in [-0.1, -0.05) is 30.3 Å². The molecule has 20 heavy (non-hydrogen) atoms. The summed E-state index contributed by atoms with van der Waals surface area (Å²) in [5.41, 5.74) is 1.80. The molecule has 1 aliphatic carbocycles. The molecule has 1 heterocycles. The maximum atomic E-state index is 11.4. The number of piperidine rings is 1. The lowest BCUT2D eigenvalue weighted by Crippen LogP contribution is -2.43. The Labute approximate surface area is 116 Å². The fraction of sp³-hybridized carbons (Fsp3) is 0.333. The Morgan fingerprint density at radius 1 is 1.10 bits per heavy atom. The van der Waals surface area contributed by atoms with Crippen molar-refractivity contribution in [2.24, 2.45) is 0 Å². The van der Waals surface area contributed by atoms with Gasteiger partial charge in [-0.15, -0.1) is 0 Å². The predicted octanol–water partition coefficient (Wildman–Crippen LogP) is 2.18. The van der Waals surface area contributed by atoms with Gasteiger partial charge in [0.25, 0.3) is 0 Å². The molecule has 0 bridgehead atoms. The first kappa shape index (κ1) is 12.7. The molecule has 5 heteroatoms. The van der Waals surface area contributed by atoms with Crippen molar-refractivity contribution in [3.05, 3.63) is 41.5 Å². The predicted molar refractivity (Wildman–Crippen MR) is 72.6 cm³/mol. The average Bonchev–Trinajstić information content (AvgIpc) is 2.75. The summed E-state index contributed by atoms with van der Waals surface area (Å²) in [6.45, 7) is 0.875. The molecule has 104 valence electrons. The minimum atomic E-state index is -0.921. The number of likely N-dealkylation sites (tertiary alicyclic amines) is 1. The van der Waals surface area contributed by atoms with Gasteiger partial charge in [0.05, 0.1) is 5.57 Å². The summed E-state index contributed by atoms with van der Waals surface area (Å²) in [7, 11) is 0. The Bertz CT molecular complexity index is 612. The number of benzene rings is 1. The van der Waals surface area contributed by atoms with Crippen molar-refractivity contribution < 1.29 is 19.8 Å². The largest absolute Gasteiger partial charge is 0.478 e. The van der Waals surface area contributed by atoms with E-state index in [1.807, 2.05) is 30.3 Å². The number of allylic oxidation sites excluding steroid dienone is 1. The number of carboxylic acids is 1. The standard InChI is InChI=1S/C15H15NO4/c17-13(18)11-9-15(12-4-2-1-3-10(11)12)5-7-16(8-6-15)14(19)20/h1-4,9H,5-8H2,(H,17,18)(H,19,20). The molecular formula is C15H15NO4. The zero-order valence-electron chi connectivity index (χ0n) is 10.9. The molecular weight excluding hydrogens is 258 g/mol. The molecule has 5 nitrogen and oxygen atoms in total. The molecule has 0 aromatic heterocycles. The van der Waals surface area contributed by atoms with Crippen LogP contribution in [0, 0.1) is 0 Å². The lowest BCUT2D eigenvalue weighted by Gasteiger charge is -2.37. The Hall–Kier alpha value is -2.30. The van der Waals surface area contributed by atoms with Crippen LogP contribution in [0.3, 0.4) is 0 Å². The Morgan fingerprint density at radius 3 is 2.35 bits per heavy atom. The number of amides is 1. The van der Waals surface area contributed by atoms with Crippen LogP contribution in [0.2, 0.25) is 0 Å². The maximum absolute atomic E-state index is 11.4. The summed E-state index contributed by atoms with van der Waals surface area (Å²) in [4.78, 5) is 23.8. The van der Waals surface area contributed by atoms with Gasteiger partial charge in [-0.05, 0) is 24.0 Å². The van der Waals surface area contributed by atoms with Gasteiger partial charge < -0.3 is 15.1 Å². The van der Waals surface area contributed by atoms with Crippen LogP contribution in [0.25, 0.3) is 5.57 Å². The van der Waals surface area contributed by atoms with Crippen LogP contribution in [-0.2, 0) is 10.2 Å². The van der Waals surface area contributed by atoms with E-state index in [9.17, 15) is 14.7 Å². The molecule has 1 aliphatic heterocycles. The first-order valence-electron chi connectivity index (χ1n) is 6.57. The van der Waals surface area contributed by atoms with E-state index in [0.29, 0.717) is 31.5 Å². The van der Waals surface area contributed by atoms with Crippen LogP contribution >= 0.6 is 0 Å². The van der Waals surface area contributed by atoms with E-state index >= 15 is 0 Å². The molecule has 3 rings (SSSR count). The van der Waals surface area contributed by atoms with Crippen molar-refractivity contribution in [1.29, 1.82) is 0 Å². The number of carboxylic acid groups (broad SMARTS) is 2. The molecule has 0 atom stereocenters. The molecule has 0 radical (unpaired) electrons. The van der Waals surface area contributed by atoms with Gasteiger partial charge in [0.2, 0.25) is 0 Å². The Kier molecular flexibility index (Phi) is 2.78. The van der Waals surface area contributed by atoms with Gasteiger partial charge in [0, 0.05) is 18.5 Å². The van der Waals surface area contributed by atoms with E-state index in [4.69, 9.17) is 5.11 Å². The zero-order chi connectivity index (χ0) is 14.3. The lowest BCUT2D eigenvalue weighted by molar-refractivity contribution is -0.130. The Balaban J connectivity index is 1.99. The topological polar surface area (TPSA) is 77.8 Å². The van der Waals surface area contributed by atoms with Gasteiger partial charge in [0.15, 0.2) is 0 Å². The smallest absolute Gasteiger partial charge is 0.407 e. The van der Waals surface area contributed by atoms with Crippen molar-refractivity contribution in [2.75, 3.05) is 13.1 Å². The molecule has 1 aromatic rings. The van der Waals surface area contributed by atoms with Crippen molar-refractivity contribution in [3.8, 4) is 0 Å². The fourth-order valence-corrected chi connectivity index (χ4v) is 3.27. The first-order valence-corrected chi connectivity index (χ1v) is 6.57. The molecule has 1 aromatic carbocycles. The highest BCUT2D eigenvalue weighted by Gasteiger charge is 2.42. The lowest BCUT2D eigenvalue weighted by atomic mass is 9.74. The van der Waals surface area contributed by atoms with E-state index in [2.05, 4.69) is 0 Å². The summed E-state index contributed by atoms with van der Waals surface area (Å²) in [5, 5.41) is 18.4. The highest BCUT2D eigenvalue weighted by molar-refractivity contribution is 6.17. The van der Waals surface area contributed by atoms with E-state index in [1.165, 1.54) is 4.90 Å². The number of fused-ring (bicyclic) bond motifs is 2. The fourth-order valence-electron chi connectivity index (χ4n) is 3.27. The minimum Gasteiger partial charge on any atom is -0.478 e. The van der Waals surface area contributed by atoms with Crippen molar-refractivity contribution in [2.45, 2.75) is 18.3 Å². The van der Waals surface area contributed by atoms with E-state index in [0.717, 1.165) is 11.1 Å². The van der Waals surface area contributed by atoms with Gasteiger partial charge in [-0.3, -0.25) is 0 Å².